The molecule has 2 fully saturated rings. The van der Waals surface area contributed by atoms with E-state index in [4.69, 9.17) is 9.15 Å². The van der Waals surface area contributed by atoms with Crippen LogP contribution in [0, 0.1) is 6.92 Å². The molecular weight excluding hydrogens is 480 g/mol. The van der Waals surface area contributed by atoms with E-state index in [1.54, 1.807) is 11.0 Å². The van der Waals surface area contributed by atoms with E-state index in [2.05, 4.69) is 10.1 Å². The number of hydrogen-bond donors (Lipinski definition) is 1. The number of aromatic nitrogens is 1. The molecule has 0 spiro atoms. The third kappa shape index (κ3) is 4.60. The number of carbonyl (C=O) groups excluding carboxylic acids is 4. The summed E-state index contributed by atoms with van der Waals surface area (Å²) < 4.78 is 17.3. The third-order valence-corrected chi connectivity index (χ3v) is 6.55. The topological polar surface area (TPSA) is 123 Å². The van der Waals surface area contributed by atoms with Crippen LogP contribution < -0.4 is 5.32 Å². The molecular formula is C26H26N4O7. The third-order valence-electron chi connectivity index (χ3n) is 6.55. The Morgan fingerprint density at radius 2 is 1.86 bits per heavy atom. The standard InChI is InChI=1S/C26H26N4O7/c1-16-19(18-5-3-4-6-21(18)29(16)15-23(31)28-9-11-36-12-10-28)13-20-24(32)30(26(34)27-20)14-17-7-8-22(37-17)25(33)35-2/h3-8,13H,9-12,14-15H2,1-2H3,(H,27,34)/b20-13-. The van der Waals surface area contributed by atoms with E-state index in [-0.39, 0.29) is 36.2 Å². The molecule has 2 saturated heterocycles. The molecule has 2 aliphatic heterocycles. The second kappa shape index (κ2) is 9.94. The monoisotopic (exact) mass is 506 g/mol. The van der Waals surface area contributed by atoms with Crippen molar-refractivity contribution in [3.8, 4) is 0 Å². The minimum Gasteiger partial charge on any atom is -0.463 e. The van der Waals surface area contributed by atoms with Gasteiger partial charge in [-0.05, 0) is 31.2 Å². The van der Waals surface area contributed by atoms with E-state index in [0.717, 1.165) is 27.1 Å². The number of nitrogens with one attached hydrogen (secondary N) is 1. The molecule has 192 valence electrons. The Kier molecular flexibility index (Phi) is 6.53. The molecule has 2 aromatic heterocycles. The van der Waals surface area contributed by atoms with E-state index in [0.29, 0.717) is 26.3 Å². The number of rotatable bonds is 6. The number of hydrogen-bond acceptors (Lipinski definition) is 7. The summed E-state index contributed by atoms with van der Waals surface area (Å²) in [6.07, 6.45) is 1.63. The molecule has 4 heterocycles. The predicted molar refractivity (Wildman–Crippen MR) is 131 cm³/mol. The maximum Gasteiger partial charge on any atom is 0.373 e. The maximum absolute atomic E-state index is 13.1. The number of nitrogens with zero attached hydrogens (tertiary/aromatic N) is 3. The van der Waals surface area contributed by atoms with Crippen LogP contribution >= 0.6 is 0 Å². The van der Waals surface area contributed by atoms with Gasteiger partial charge in [0.25, 0.3) is 5.91 Å². The number of methoxy groups -OCH3 is 1. The number of benzene rings is 1. The van der Waals surface area contributed by atoms with Gasteiger partial charge in [-0.1, -0.05) is 18.2 Å². The summed E-state index contributed by atoms with van der Waals surface area (Å²) in [7, 11) is 1.23. The molecule has 5 rings (SSSR count). The number of ether oxygens (including phenoxy) is 2. The average Bonchev–Trinajstić information content (AvgIpc) is 3.57. The van der Waals surface area contributed by atoms with Gasteiger partial charge in [0.05, 0.1) is 26.9 Å². The van der Waals surface area contributed by atoms with Gasteiger partial charge in [-0.3, -0.25) is 14.5 Å². The van der Waals surface area contributed by atoms with Crippen molar-refractivity contribution in [1.82, 2.24) is 19.7 Å². The van der Waals surface area contributed by atoms with Gasteiger partial charge in [-0.25, -0.2) is 9.59 Å². The van der Waals surface area contributed by atoms with Crippen molar-refractivity contribution in [3.63, 3.8) is 0 Å². The molecule has 0 aliphatic carbocycles. The molecule has 1 N–H and O–H groups in total. The zero-order chi connectivity index (χ0) is 26.1. The molecule has 0 bridgehead atoms. The van der Waals surface area contributed by atoms with Gasteiger partial charge >= 0.3 is 12.0 Å². The van der Waals surface area contributed by atoms with Crippen LogP contribution in [0.1, 0.15) is 27.6 Å². The number of para-hydroxylation sites is 1. The first-order valence-corrected chi connectivity index (χ1v) is 11.8. The Morgan fingerprint density at radius 3 is 2.62 bits per heavy atom. The Balaban J connectivity index is 1.42. The van der Waals surface area contributed by atoms with Crippen molar-refractivity contribution in [1.29, 1.82) is 0 Å². The van der Waals surface area contributed by atoms with E-state index in [1.165, 1.54) is 19.2 Å². The van der Waals surface area contributed by atoms with Crippen molar-refractivity contribution < 1.29 is 33.1 Å². The lowest BCUT2D eigenvalue weighted by atomic mass is 10.1. The molecule has 3 aromatic rings. The zero-order valence-corrected chi connectivity index (χ0v) is 20.5. The first-order valence-electron chi connectivity index (χ1n) is 11.8. The number of fused-ring (bicyclic) bond motifs is 1. The summed E-state index contributed by atoms with van der Waals surface area (Å²) >= 11 is 0. The van der Waals surface area contributed by atoms with Crippen molar-refractivity contribution in [2.45, 2.75) is 20.0 Å². The van der Waals surface area contributed by atoms with Crippen molar-refractivity contribution in [3.05, 3.63) is 64.9 Å². The van der Waals surface area contributed by atoms with E-state index in [9.17, 15) is 19.2 Å². The fourth-order valence-electron chi connectivity index (χ4n) is 4.58. The van der Waals surface area contributed by atoms with Crippen LogP contribution in [0.5, 0.6) is 0 Å². The molecule has 4 amide bonds. The molecule has 11 nitrogen and oxygen atoms in total. The normalized spacial score (nSPS) is 17.1. The molecule has 2 aliphatic rings. The molecule has 0 saturated carbocycles. The number of imide groups is 1. The fraction of sp³-hybridized carbons (Fsp3) is 0.308. The highest BCUT2D eigenvalue weighted by Gasteiger charge is 2.35. The first kappa shape index (κ1) is 24.3. The summed E-state index contributed by atoms with van der Waals surface area (Å²) in [5.41, 5.74) is 2.50. The van der Waals surface area contributed by atoms with Gasteiger partial charge in [-0.2, -0.15) is 0 Å². The summed E-state index contributed by atoms with van der Waals surface area (Å²) in [5, 5.41) is 3.48. The summed E-state index contributed by atoms with van der Waals surface area (Å²) in [6.45, 7) is 4.05. The van der Waals surface area contributed by atoms with Crippen molar-refractivity contribution >= 4 is 40.8 Å². The minimum atomic E-state index is -0.650. The Hall–Kier alpha value is -4.38. The lowest BCUT2D eigenvalue weighted by molar-refractivity contribution is -0.135. The van der Waals surface area contributed by atoms with Crippen LogP contribution in [0.25, 0.3) is 17.0 Å². The zero-order valence-electron chi connectivity index (χ0n) is 20.5. The van der Waals surface area contributed by atoms with Crippen molar-refractivity contribution in [2.75, 3.05) is 33.4 Å². The molecule has 37 heavy (non-hydrogen) atoms. The SMILES string of the molecule is COC(=O)c1ccc(CN2C(=O)N/C(=C\c3c(C)n(CC(=O)N4CCOCC4)c4ccccc34)C2=O)o1. The second-order valence-electron chi connectivity index (χ2n) is 8.73. The predicted octanol–water partition coefficient (Wildman–Crippen LogP) is 2.28. The maximum atomic E-state index is 13.1. The number of carbonyl (C=O) groups is 4. The minimum absolute atomic E-state index is 0.00690. The first-order chi connectivity index (χ1) is 17.9. The highest BCUT2D eigenvalue weighted by atomic mass is 16.5. The van der Waals surface area contributed by atoms with Gasteiger partial charge in [0.1, 0.15) is 18.0 Å². The average molecular weight is 507 g/mol. The Labute approximate surface area is 212 Å². The molecule has 0 radical (unpaired) electrons. The van der Waals surface area contributed by atoms with Gasteiger partial charge in [0.2, 0.25) is 11.7 Å². The van der Waals surface area contributed by atoms with Crippen LogP contribution in [0.3, 0.4) is 0 Å². The molecule has 0 atom stereocenters. The van der Waals surface area contributed by atoms with Crippen LogP contribution in [-0.4, -0.2) is 71.6 Å². The largest absolute Gasteiger partial charge is 0.463 e. The fourth-order valence-corrected chi connectivity index (χ4v) is 4.58. The number of furan rings is 1. The molecule has 0 unspecified atom stereocenters. The number of esters is 1. The van der Waals surface area contributed by atoms with Crippen LogP contribution in [0.2, 0.25) is 0 Å². The van der Waals surface area contributed by atoms with E-state index in [1.807, 2.05) is 35.8 Å². The van der Waals surface area contributed by atoms with Gasteiger partial charge in [0, 0.05) is 35.2 Å². The summed E-state index contributed by atoms with van der Waals surface area (Å²) in [5.74, 6) is -0.938. The number of morpholine rings is 1. The number of amides is 4. The highest BCUT2D eigenvalue weighted by molar-refractivity contribution is 6.14. The summed E-state index contributed by atoms with van der Waals surface area (Å²) in [4.78, 5) is 53.1. The molecule has 11 heteroatoms. The lowest BCUT2D eigenvalue weighted by Gasteiger charge is -2.27. The Bertz CT molecular complexity index is 1430. The number of urea groups is 1. The van der Waals surface area contributed by atoms with Crippen molar-refractivity contribution in [2.24, 2.45) is 0 Å². The smallest absolute Gasteiger partial charge is 0.373 e. The van der Waals surface area contributed by atoms with Gasteiger partial charge in [0.15, 0.2) is 0 Å². The van der Waals surface area contributed by atoms with Crippen LogP contribution in [0.15, 0.2) is 46.5 Å². The van der Waals surface area contributed by atoms with Gasteiger partial charge < -0.3 is 28.7 Å². The second-order valence-corrected chi connectivity index (χ2v) is 8.73. The lowest BCUT2D eigenvalue weighted by Crippen LogP contribution is -2.42. The van der Waals surface area contributed by atoms with E-state index >= 15 is 0 Å². The Morgan fingerprint density at radius 1 is 1.11 bits per heavy atom. The highest BCUT2D eigenvalue weighted by Crippen LogP contribution is 2.29. The van der Waals surface area contributed by atoms with E-state index < -0.39 is 17.9 Å². The van der Waals surface area contributed by atoms with Gasteiger partial charge in [-0.15, -0.1) is 0 Å². The summed E-state index contributed by atoms with van der Waals surface area (Å²) in [6, 6.07) is 9.95. The van der Waals surface area contributed by atoms with Crippen LogP contribution in [0.4, 0.5) is 4.79 Å². The molecule has 1 aromatic carbocycles. The quantitative estimate of drug-likeness (QED) is 0.309. The van der Waals surface area contributed by atoms with Crippen LogP contribution in [-0.2, 0) is 32.2 Å².